The maximum Gasteiger partial charge on any atom is 0.416 e. The second-order valence-electron chi connectivity index (χ2n) is 5.71. The average molecular weight is 356 g/mol. The molecule has 9 heteroatoms. The van der Waals surface area contributed by atoms with Crippen molar-refractivity contribution in [2.75, 3.05) is 11.4 Å². The molecule has 0 bridgehead atoms. The summed E-state index contributed by atoms with van der Waals surface area (Å²) in [5.74, 6) is -3.08. The number of hydrogen-bond acceptors (Lipinski definition) is 2. The van der Waals surface area contributed by atoms with Crippen molar-refractivity contribution < 1.29 is 32.3 Å². The first-order chi connectivity index (χ1) is 11.6. The van der Waals surface area contributed by atoms with E-state index in [1.54, 1.807) is 6.92 Å². The number of carbonyl (C=O) groups excluding carboxylic acids is 1. The molecule has 0 aliphatic carbocycles. The molecule has 1 amide bonds. The molecular formula is C16H12F4N2O3. The van der Waals surface area contributed by atoms with Crippen molar-refractivity contribution in [2.45, 2.75) is 19.1 Å². The van der Waals surface area contributed by atoms with Gasteiger partial charge in [-0.15, -0.1) is 0 Å². The Kier molecular flexibility index (Phi) is 3.81. The Hall–Kier alpha value is -2.84. The molecule has 0 unspecified atom stereocenters. The van der Waals surface area contributed by atoms with Crippen molar-refractivity contribution in [3.05, 3.63) is 53.1 Å². The minimum absolute atomic E-state index is 0.00184. The van der Waals surface area contributed by atoms with E-state index in [1.165, 1.54) is 0 Å². The van der Waals surface area contributed by atoms with Crippen LogP contribution in [0.3, 0.4) is 0 Å². The van der Waals surface area contributed by atoms with Gasteiger partial charge in [0, 0.05) is 18.3 Å². The minimum atomic E-state index is -4.51. The molecule has 1 aliphatic rings. The van der Waals surface area contributed by atoms with Gasteiger partial charge >= 0.3 is 12.1 Å². The fourth-order valence-corrected chi connectivity index (χ4v) is 2.92. The largest absolute Gasteiger partial charge is 0.478 e. The van der Waals surface area contributed by atoms with Crippen molar-refractivity contribution in [3.63, 3.8) is 0 Å². The van der Waals surface area contributed by atoms with E-state index in [0.717, 1.165) is 39.8 Å². The second kappa shape index (κ2) is 5.61. The van der Waals surface area contributed by atoms with Gasteiger partial charge in [-0.05, 0) is 31.2 Å². The van der Waals surface area contributed by atoms with Crippen molar-refractivity contribution in [3.8, 4) is 0 Å². The van der Waals surface area contributed by atoms with Crippen LogP contribution in [0.1, 0.15) is 39.4 Å². The third kappa shape index (κ3) is 2.75. The van der Waals surface area contributed by atoms with E-state index < -0.39 is 41.2 Å². The molecule has 1 atom stereocenters. The van der Waals surface area contributed by atoms with Crippen LogP contribution in [0.15, 0.2) is 30.3 Å². The molecule has 0 spiro atoms. The summed E-state index contributed by atoms with van der Waals surface area (Å²) in [6.07, 6.45) is -4.51. The van der Waals surface area contributed by atoms with Crippen LogP contribution in [0.2, 0.25) is 0 Å². The summed E-state index contributed by atoms with van der Waals surface area (Å²) in [4.78, 5) is 25.0. The molecule has 2 aromatic rings. The van der Waals surface area contributed by atoms with Crippen LogP contribution in [0.5, 0.6) is 0 Å². The maximum absolute atomic E-state index is 14.0. The number of carboxylic acids is 1. The zero-order valence-corrected chi connectivity index (χ0v) is 12.8. The number of fused-ring (bicyclic) bond motifs is 1. The summed E-state index contributed by atoms with van der Waals surface area (Å²) in [5.41, 5.74) is -1.50. The molecule has 1 aromatic heterocycles. The highest BCUT2D eigenvalue weighted by molar-refractivity contribution is 6.11. The minimum Gasteiger partial charge on any atom is -0.478 e. The van der Waals surface area contributed by atoms with Crippen molar-refractivity contribution in [2.24, 2.45) is 0 Å². The molecule has 0 radical (unpaired) electrons. The molecule has 2 heterocycles. The fraction of sp³-hybridized carbons (Fsp3) is 0.250. The highest BCUT2D eigenvalue weighted by atomic mass is 19.4. The summed E-state index contributed by atoms with van der Waals surface area (Å²) < 4.78 is 52.9. The number of aromatic nitrogens is 1. The number of carbonyl (C=O) groups is 2. The Bertz CT molecular complexity index is 856. The number of carboxylic acid groups (broad SMARTS) is 1. The van der Waals surface area contributed by atoms with Gasteiger partial charge in [-0.1, -0.05) is 0 Å². The fourth-order valence-electron chi connectivity index (χ4n) is 2.92. The van der Waals surface area contributed by atoms with Crippen LogP contribution in [-0.4, -0.2) is 28.1 Å². The summed E-state index contributed by atoms with van der Waals surface area (Å²) in [6.45, 7) is 1.59. The number of halogens is 4. The van der Waals surface area contributed by atoms with Crippen LogP contribution in [-0.2, 0) is 6.18 Å². The van der Waals surface area contributed by atoms with E-state index >= 15 is 0 Å². The monoisotopic (exact) mass is 356 g/mol. The van der Waals surface area contributed by atoms with Gasteiger partial charge in [-0.2, -0.15) is 17.6 Å². The third-order valence-corrected chi connectivity index (χ3v) is 4.06. The SMILES string of the molecule is C[C@H]1CN(c2ccc(C(F)(F)F)cc2)C(=O)c2c(C(=O)O)cc(F)n21. The number of alkyl halides is 3. The summed E-state index contributed by atoms with van der Waals surface area (Å²) >= 11 is 0. The van der Waals surface area contributed by atoms with Crippen LogP contribution < -0.4 is 4.90 Å². The van der Waals surface area contributed by atoms with E-state index in [0.29, 0.717) is 0 Å². The topological polar surface area (TPSA) is 62.5 Å². The van der Waals surface area contributed by atoms with Gasteiger partial charge < -0.3 is 14.6 Å². The third-order valence-electron chi connectivity index (χ3n) is 4.06. The van der Waals surface area contributed by atoms with Crippen molar-refractivity contribution >= 4 is 17.6 Å². The zero-order valence-electron chi connectivity index (χ0n) is 12.8. The lowest BCUT2D eigenvalue weighted by molar-refractivity contribution is -0.137. The summed E-state index contributed by atoms with van der Waals surface area (Å²) in [7, 11) is 0. The lowest BCUT2D eigenvalue weighted by Crippen LogP contribution is -2.43. The summed E-state index contributed by atoms with van der Waals surface area (Å²) in [5, 5.41) is 9.17. The second-order valence-corrected chi connectivity index (χ2v) is 5.71. The van der Waals surface area contributed by atoms with Crippen molar-refractivity contribution in [1.82, 2.24) is 4.57 Å². The quantitative estimate of drug-likeness (QED) is 0.837. The Morgan fingerprint density at radius 1 is 1.24 bits per heavy atom. The van der Waals surface area contributed by atoms with Gasteiger partial charge in [-0.3, -0.25) is 4.79 Å². The first-order valence-corrected chi connectivity index (χ1v) is 7.24. The molecular weight excluding hydrogens is 344 g/mol. The molecule has 0 saturated carbocycles. The van der Waals surface area contributed by atoms with E-state index in [9.17, 15) is 27.2 Å². The van der Waals surface area contributed by atoms with Crippen LogP contribution in [0, 0.1) is 5.95 Å². The van der Waals surface area contributed by atoms with E-state index in [2.05, 4.69) is 0 Å². The van der Waals surface area contributed by atoms with Gasteiger partial charge in [0.2, 0.25) is 0 Å². The lowest BCUT2D eigenvalue weighted by atomic mass is 10.1. The number of anilines is 1. The normalized spacial score (nSPS) is 17.6. The first-order valence-electron chi connectivity index (χ1n) is 7.24. The number of aromatic carboxylic acids is 1. The average Bonchev–Trinajstić information content (AvgIpc) is 2.89. The van der Waals surface area contributed by atoms with Gasteiger partial charge in [0.25, 0.3) is 5.91 Å². The zero-order chi connectivity index (χ0) is 18.5. The van der Waals surface area contributed by atoms with E-state index in [1.807, 2.05) is 0 Å². The number of nitrogens with zero attached hydrogens (tertiary/aromatic N) is 2. The smallest absolute Gasteiger partial charge is 0.416 e. The number of rotatable bonds is 2. The number of benzene rings is 1. The molecule has 5 nitrogen and oxygen atoms in total. The van der Waals surface area contributed by atoms with Gasteiger partial charge in [0.05, 0.1) is 17.2 Å². The molecule has 1 aromatic carbocycles. The molecule has 1 N–H and O–H groups in total. The van der Waals surface area contributed by atoms with E-state index in [-0.39, 0.29) is 17.9 Å². The van der Waals surface area contributed by atoms with Crippen LogP contribution in [0.4, 0.5) is 23.2 Å². The first kappa shape index (κ1) is 17.0. The summed E-state index contributed by atoms with van der Waals surface area (Å²) in [6, 6.07) is 4.11. The molecule has 1 aliphatic heterocycles. The number of amides is 1. The van der Waals surface area contributed by atoms with Crippen molar-refractivity contribution in [1.29, 1.82) is 0 Å². The predicted molar refractivity (Wildman–Crippen MR) is 79.2 cm³/mol. The van der Waals surface area contributed by atoms with Gasteiger partial charge in [-0.25, -0.2) is 4.79 Å². The maximum atomic E-state index is 14.0. The van der Waals surface area contributed by atoms with E-state index in [4.69, 9.17) is 5.11 Å². The number of hydrogen-bond donors (Lipinski definition) is 1. The molecule has 0 saturated heterocycles. The Morgan fingerprint density at radius 3 is 2.36 bits per heavy atom. The Morgan fingerprint density at radius 2 is 1.84 bits per heavy atom. The van der Waals surface area contributed by atoms with Crippen LogP contribution >= 0.6 is 0 Å². The molecule has 132 valence electrons. The predicted octanol–water partition coefficient (Wildman–Crippen LogP) is 3.57. The molecule has 25 heavy (non-hydrogen) atoms. The highest BCUT2D eigenvalue weighted by Gasteiger charge is 2.37. The lowest BCUT2D eigenvalue weighted by Gasteiger charge is -2.33. The molecule has 3 rings (SSSR count). The Balaban J connectivity index is 2.04. The van der Waals surface area contributed by atoms with Gasteiger partial charge in [0.15, 0.2) is 5.95 Å². The highest BCUT2D eigenvalue weighted by Crippen LogP contribution is 2.33. The van der Waals surface area contributed by atoms with Gasteiger partial charge in [0.1, 0.15) is 5.69 Å². The Labute approximate surface area is 139 Å². The van der Waals surface area contributed by atoms with Crippen LogP contribution in [0.25, 0.3) is 0 Å². The standard InChI is InChI=1S/C16H12F4N2O3/c1-8-7-21(10-4-2-9(3-5-10)16(18,19)20)14(23)13-11(15(24)25)6-12(17)22(8)13/h2-6,8H,7H2,1H3,(H,24,25)/t8-/m0/s1. The molecule has 0 fully saturated rings.